The Hall–Kier alpha value is -2.24. The molecule has 1 atom stereocenters. The van der Waals surface area contributed by atoms with Crippen LogP contribution in [0.3, 0.4) is 0 Å². The number of nitrogens with two attached hydrogens (primary N) is 1. The maximum atomic E-state index is 12.0. The van der Waals surface area contributed by atoms with Crippen LogP contribution in [0.4, 0.5) is 5.69 Å². The Kier molecular flexibility index (Phi) is 4.45. The van der Waals surface area contributed by atoms with E-state index in [0.29, 0.717) is 18.8 Å². The van der Waals surface area contributed by atoms with E-state index in [-0.39, 0.29) is 12.5 Å². The van der Waals surface area contributed by atoms with Crippen molar-refractivity contribution in [3.8, 4) is 5.75 Å². The molecular formula is C14H19N3O3. The van der Waals surface area contributed by atoms with Gasteiger partial charge in [-0.1, -0.05) is 19.1 Å². The fourth-order valence-electron chi connectivity index (χ4n) is 2.14. The van der Waals surface area contributed by atoms with Crippen LogP contribution < -0.4 is 20.7 Å². The highest BCUT2D eigenvalue weighted by molar-refractivity contribution is 5.85. The number of primary amides is 1. The van der Waals surface area contributed by atoms with Crippen molar-refractivity contribution in [3.05, 3.63) is 24.3 Å². The topological polar surface area (TPSA) is 84.7 Å². The molecule has 3 N–H and O–H groups in total. The molecule has 0 unspecified atom stereocenters. The molecule has 20 heavy (non-hydrogen) atoms. The predicted molar refractivity (Wildman–Crippen MR) is 75.6 cm³/mol. The van der Waals surface area contributed by atoms with Crippen molar-refractivity contribution in [2.75, 3.05) is 24.5 Å². The van der Waals surface area contributed by atoms with Crippen molar-refractivity contribution in [3.63, 3.8) is 0 Å². The zero-order valence-electron chi connectivity index (χ0n) is 11.5. The summed E-state index contributed by atoms with van der Waals surface area (Å²) >= 11 is 0. The lowest BCUT2D eigenvalue weighted by Gasteiger charge is -2.34. The fraction of sp³-hybridized carbons (Fsp3) is 0.429. The van der Waals surface area contributed by atoms with E-state index in [1.807, 2.05) is 25.1 Å². The molecule has 2 rings (SSSR count). The minimum Gasteiger partial charge on any atom is -0.477 e. The van der Waals surface area contributed by atoms with E-state index in [4.69, 9.17) is 10.5 Å². The van der Waals surface area contributed by atoms with Gasteiger partial charge >= 0.3 is 0 Å². The Morgan fingerprint density at radius 3 is 2.90 bits per heavy atom. The molecule has 6 heteroatoms. The summed E-state index contributed by atoms with van der Waals surface area (Å²) in [6, 6.07) is 7.31. The van der Waals surface area contributed by atoms with Crippen molar-refractivity contribution in [1.29, 1.82) is 0 Å². The predicted octanol–water partition coefficient (Wildman–Crippen LogP) is 0.265. The smallest absolute Gasteiger partial charge is 0.262 e. The Bertz CT molecular complexity index is 504. The zero-order valence-corrected chi connectivity index (χ0v) is 11.5. The number of benzene rings is 1. The normalized spacial score (nSPS) is 17.1. The third-order valence-corrected chi connectivity index (χ3v) is 3.05. The molecule has 0 aromatic heterocycles. The molecule has 0 fully saturated rings. The molecule has 0 spiro atoms. The summed E-state index contributed by atoms with van der Waals surface area (Å²) in [6.45, 7) is 2.97. The Morgan fingerprint density at radius 2 is 2.20 bits per heavy atom. The number of rotatable bonds is 5. The van der Waals surface area contributed by atoms with Gasteiger partial charge in [0.15, 0.2) is 6.10 Å². The third kappa shape index (κ3) is 3.20. The van der Waals surface area contributed by atoms with Crippen LogP contribution in [0.15, 0.2) is 24.3 Å². The number of carbonyl (C=O) groups is 2. The molecule has 0 bridgehead atoms. The second-order valence-electron chi connectivity index (χ2n) is 4.71. The van der Waals surface area contributed by atoms with Crippen LogP contribution in [0.2, 0.25) is 0 Å². The number of para-hydroxylation sites is 2. The first-order valence-electron chi connectivity index (χ1n) is 6.68. The molecule has 1 heterocycles. The molecular weight excluding hydrogens is 258 g/mol. The number of hydrogen-bond donors (Lipinski definition) is 2. The van der Waals surface area contributed by atoms with Crippen LogP contribution in [-0.2, 0) is 9.59 Å². The van der Waals surface area contributed by atoms with Crippen LogP contribution >= 0.6 is 0 Å². The molecule has 0 aliphatic carbocycles. The number of amides is 2. The minimum absolute atomic E-state index is 0.0674. The fourth-order valence-corrected chi connectivity index (χ4v) is 2.14. The maximum absolute atomic E-state index is 12.0. The van der Waals surface area contributed by atoms with E-state index in [2.05, 4.69) is 5.32 Å². The van der Waals surface area contributed by atoms with Crippen molar-refractivity contribution < 1.29 is 14.3 Å². The summed E-state index contributed by atoms with van der Waals surface area (Å²) in [5, 5.41) is 2.80. The number of carbonyl (C=O) groups excluding carboxylic acids is 2. The lowest BCUT2D eigenvalue weighted by Crippen LogP contribution is -2.50. The molecule has 0 radical (unpaired) electrons. The molecule has 1 aromatic rings. The van der Waals surface area contributed by atoms with E-state index in [9.17, 15) is 9.59 Å². The largest absolute Gasteiger partial charge is 0.477 e. The van der Waals surface area contributed by atoms with Gasteiger partial charge in [-0.3, -0.25) is 9.59 Å². The summed E-state index contributed by atoms with van der Waals surface area (Å²) in [5.74, 6) is -0.0121. The van der Waals surface area contributed by atoms with Crippen molar-refractivity contribution in [2.45, 2.75) is 19.4 Å². The number of nitrogens with zero attached hydrogens (tertiary/aromatic N) is 1. The van der Waals surface area contributed by atoms with Crippen LogP contribution in [-0.4, -0.2) is 37.6 Å². The summed E-state index contributed by atoms with van der Waals surface area (Å²) < 4.78 is 5.70. The summed E-state index contributed by atoms with van der Waals surface area (Å²) in [6.07, 6.45) is 0.232. The number of hydrogen-bond acceptors (Lipinski definition) is 4. The van der Waals surface area contributed by atoms with Crippen LogP contribution in [0, 0.1) is 0 Å². The highest BCUT2D eigenvalue weighted by atomic mass is 16.5. The van der Waals surface area contributed by atoms with Gasteiger partial charge in [-0.15, -0.1) is 0 Å². The molecule has 0 saturated heterocycles. The monoisotopic (exact) mass is 277 g/mol. The standard InChI is InChI=1S/C14H19N3O3/c1-2-7-16-14(19)12-8-17(9-13(15)18)10-5-3-4-6-11(10)20-12/h3-6,12H,2,7-9H2,1H3,(H2,15,18)(H,16,19)/t12-/m0/s1. The van der Waals surface area contributed by atoms with E-state index in [1.165, 1.54) is 0 Å². The number of ether oxygens (including phenoxy) is 1. The second-order valence-corrected chi connectivity index (χ2v) is 4.71. The average Bonchev–Trinajstić information content (AvgIpc) is 2.44. The Morgan fingerprint density at radius 1 is 1.45 bits per heavy atom. The zero-order chi connectivity index (χ0) is 14.5. The van der Waals surface area contributed by atoms with Gasteiger partial charge in [0.2, 0.25) is 5.91 Å². The average molecular weight is 277 g/mol. The van der Waals surface area contributed by atoms with E-state index in [0.717, 1.165) is 12.1 Å². The number of nitrogens with one attached hydrogen (secondary N) is 1. The first-order chi connectivity index (χ1) is 9.61. The lowest BCUT2D eigenvalue weighted by atomic mass is 10.1. The van der Waals surface area contributed by atoms with Crippen molar-refractivity contribution in [1.82, 2.24) is 5.32 Å². The van der Waals surface area contributed by atoms with Gasteiger partial charge in [0.25, 0.3) is 5.91 Å². The summed E-state index contributed by atoms with van der Waals surface area (Å²) in [7, 11) is 0. The summed E-state index contributed by atoms with van der Waals surface area (Å²) in [4.78, 5) is 25.0. The van der Waals surface area contributed by atoms with Crippen molar-refractivity contribution in [2.24, 2.45) is 5.73 Å². The first-order valence-corrected chi connectivity index (χ1v) is 6.68. The summed E-state index contributed by atoms with van der Waals surface area (Å²) in [5.41, 5.74) is 6.04. The van der Waals surface area contributed by atoms with Crippen molar-refractivity contribution >= 4 is 17.5 Å². The quantitative estimate of drug-likeness (QED) is 0.809. The van der Waals surface area contributed by atoms with E-state index < -0.39 is 12.0 Å². The van der Waals surface area contributed by atoms with Gasteiger partial charge in [0, 0.05) is 6.54 Å². The molecule has 1 aromatic carbocycles. The molecule has 1 aliphatic rings. The highest BCUT2D eigenvalue weighted by Gasteiger charge is 2.30. The molecule has 108 valence electrons. The highest BCUT2D eigenvalue weighted by Crippen LogP contribution is 2.32. The molecule has 2 amide bonds. The molecule has 1 aliphatic heterocycles. The van der Waals surface area contributed by atoms with Gasteiger partial charge in [-0.2, -0.15) is 0 Å². The first kappa shape index (κ1) is 14.2. The SMILES string of the molecule is CCCNC(=O)[C@@H]1CN(CC(N)=O)c2ccccc2O1. The molecule has 6 nitrogen and oxygen atoms in total. The van der Waals surface area contributed by atoms with Crippen LogP contribution in [0.25, 0.3) is 0 Å². The van der Waals surface area contributed by atoms with E-state index in [1.54, 1.807) is 11.0 Å². The number of fused-ring (bicyclic) bond motifs is 1. The lowest BCUT2D eigenvalue weighted by molar-refractivity contribution is -0.128. The number of anilines is 1. The Labute approximate surface area is 117 Å². The minimum atomic E-state index is -0.629. The van der Waals surface area contributed by atoms with E-state index >= 15 is 0 Å². The van der Waals surface area contributed by atoms with Gasteiger partial charge in [0.1, 0.15) is 5.75 Å². The Balaban J connectivity index is 2.17. The third-order valence-electron chi connectivity index (χ3n) is 3.05. The van der Waals surface area contributed by atoms with Gasteiger partial charge in [0.05, 0.1) is 18.8 Å². The van der Waals surface area contributed by atoms with Crippen LogP contribution in [0.1, 0.15) is 13.3 Å². The van der Waals surface area contributed by atoms with Crippen LogP contribution in [0.5, 0.6) is 5.75 Å². The van der Waals surface area contributed by atoms with Gasteiger partial charge in [-0.05, 0) is 18.6 Å². The molecule has 0 saturated carbocycles. The second kappa shape index (κ2) is 6.27. The maximum Gasteiger partial charge on any atom is 0.262 e. The van der Waals surface area contributed by atoms with Gasteiger partial charge in [-0.25, -0.2) is 0 Å². The van der Waals surface area contributed by atoms with Gasteiger partial charge < -0.3 is 20.7 Å².